The Morgan fingerprint density at radius 2 is 2.21 bits per heavy atom. The Balaban J connectivity index is 3.40. The molecule has 0 bridgehead atoms. The highest BCUT2D eigenvalue weighted by Crippen LogP contribution is 2.28. The fraction of sp³-hybridized carbons (Fsp3) is 0.250. The van der Waals surface area contributed by atoms with E-state index in [1.54, 1.807) is 0 Å². The molecule has 0 saturated heterocycles. The zero-order valence-corrected chi connectivity index (χ0v) is 8.32. The summed E-state index contributed by atoms with van der Waals surface area (Å²) in [6.45, 7) is 0. The number of nitrogens with zero attached hydrogens (tertiary/aromatic N) is 1. The van der Waals surface area contributed by atoms with E-state index in [2.05, 4.69) is 4.98 Å². The summed E-state index contributed by atoms with van der Waals surface area (Å²) in [7, 11) is 0. The van der Waals surface area contributed by atoms with Crippen LogP contribution in [0.15, 0.2) is 6.20 Å². The van der Waals surface area contributed by atoms with Crippen molar-refractivity contribution in [3.8, 4) is 0 Å². The molecule has 1 heterocycles. The second kappa shape index (κ2) is 4.66. The molecule has 14 heavy (non-hydrogen) atoms. The molecule has 0 saturated carbocycles. The van der Waals surface area contributed by atoms with Gasteiger partial charge in [-0.15, -0.1) is 11.6 Å². The lowest BCUT2D eigenvalue weighted by molar-refractivity contribution is 0.110. The van der Waals surface area contributed by atoms with E-state index in [4.69, 9.17) is 23.2 Å². The number of hydrogen-bond donors (Lipinski definition) is 0. The van der Waals surface area contributed by atoms with Crippen LogP contribution in [-0.2, 0) is 5.88 Å². The van der Waals surface area contributed by atoms with Crippen LogP contribution in [0, 0.1) is 0 Å². The minimum atomic E-state index is -2.76. The second-order valence-corrected chi connectivity index (χ2v) is 3.07. The molecular formula is C8H5Cl2F2NO. The number of rotatable bonds is 3. The maximum atomic E-state index is 12.4. The molecule has 6 heteroatoms. The van der Waals surface area contributed by atoms with Crippen molar-refractivity contribution in [1.82, 2.24) is 4.98 Å². The molecule has 2 nitrogen and oxygen atoms in total. The van der Waals surface area contributed by atoms with E-state index < -0.39 is 12.0 Å². The lowest BCUT2D eigenvalue weighted by atomic mass is 10.1. The van der Waals surface area contributed by atoms with Gasteiger partial charge in [0.05, 0.1) is 5.88 Å². The standard InChI is InChI=1S/C8H5Cl2F2NO/c9-1-4-6(3-14)5(8(11)12)2-13-7(4)10/h2-3,8H,1H2. The Morgan fingerprint density at radius 1 is 1.57 bits per heavy atom. The number of alkyl halides is 3. The average molecular weight is 240 g/mol. The van der Waals surface area contributed by atoms with E-state index in [0.29, 0.717) is 6.29 Å². The lowest BCUT2D eigenvalue weighted by Gasteiger charge is -2.08. The maximum absolute atomic E-state index is 12.4. The molecule has 1 aromatic heterocycles. The van der Waals surface area contributed by atoms with E-state index in [9.17, 15) is 13.6 Å². The summed E-state index contributed by atoms with van der Waals surface area (Å²) in [5.41, 5.74) is -0.476. The van der Waals surface area contributed by atoms with Gasteiger partial charge in [-0.2, -0.15) is 0 Å². The molecule has 1 rings (SSSR count). The summed E-state index contributed by atoms with van der Waals surface area (Å²) in [6.07, 6.45) is -1.57. The van der Waals surface area contributed by atoms with Crippen molar-refractivity contribution in [2.24, 2.45) is 0 Å². The molecule has 0 aromatic carbocycles. The first-order valence-corrected chi connectivity index (χ1v) is 4.49. The third kappa shape index (κ3) is 2.01. The fourth-order valence-corrected chi connectivity index (χ4v) is 1.56. The van der Waals surface area contributed by atoms with Crippen LogP contribution in [0.2, 0.25) is 5.15 Å². The summed E-state index contributed by atoms with van der Waals surface area (Å²) in [6, 6.07) is 0. The normalized spacial score (nSPS) is 10.6. The molecule has 0 N–H and O–H groups in total. The van der Waals surface area contributed by atoms with Gasteiger partial charge in [0.15, 0.2) is 6.29 Å². The topological polar surface area (TPSA) is 30.0 Å². The van der Waals surface area contributed by atoms with E-state index in [0.717, 1.165) is 6.20 Å². The summed E-state index contributed by atoms with van der Waals surface area (Å²) < 4.78 is 24.8. The van der Waals surface area contributed by atoms with Crippen LogP contribution in [0.5, 0.6) is 0 Å². The first kappa shape index (κ1) is 11.3. The Bertz CT molecular complexity index is 357. The van der Waals surface area contributed by atoms with Crippen molar-refractivity contribution in [2.45, 2.75) is 12.3 Å². The minimum absolute atomic E-state index is 0.0218. The van der Waals surface area contributed by atoms with Gasteiger partial charge < -0.3 is 0 Å². The van der Waals surface area contributed by atoms with Crippen LogP contribution in [0.1, 0.15) is 27.9 Å². The Labute approximate surface area is 88.8 Å². The van der Waals surface area contributed by atoms with Crippen molar-refractivity contribution >= 4 is 29.5 Å². The summed E-state index contributed by atoms with van der Waals surface area (Å²) in [5, 5.41) is -0.0218. The number of hydrogen-bond acceptors (Lipinski definition) is 2. The number of halogens is 4. The number of aromatic nitrogens is 1. The van der Waals surface area contributed by atoms with Crippen molar-refractivity contribution in [1.29, 1.82) is 0 Å². The highest BCUT2D eigenvalue weighted by molar-refractivity contribution is 6.31. The lowest BCUT2D eigenvalue weighted by Crippen LogP contribution is -2.01. The van der Waals surface area contributed by atoms with Crippen molar-refractivity contribution in [3.63, 3.8) is 0 Å². The van der Waals surface area contributed by atoms with Gasteiger partial charge in [0.25, 0.3) is 6.43 Å². The predicted molar refractivity (Wildman–Crippen MR) is 49.1 cm³/mol. The molecule has 0 unspecified atom stereocenters. The summed E-state index contributed by atoms with van der Waals surface area (Å²) >= 11 is 11.1. The molecular weight excluding hydrogens is 235 g/mol. The van der Waals surface area contributed by atoms with Crippen molar-refractivity contribution < 1.29 is 13.6 Å². The molecule has 0 aliphatic carbocycles. The molecule has 0 spiro atoms. The van der Waals surface area contributed by atoms with Crippen LogP contribution in [0.3, 0.4) is 0 Å². The molecule has 0 aliphatic heterocycles. The first-order valence-electron chi connectivity index (χ1n) is 3.58. The first-order chi connectivity index (χ1) is 6.61. The Kier molecular flexibility index (Phi) is 3.77. The van der Waals surface area contributed by atoms with Crippen LogP contribution in [0.25, 0.3) is 0 Å². The predicted octanol–water partition coefficient (Wildman–Crippen LogP) is 3.22. The van der Waals surface area contributed by atoms with Crippen molar-refractivity contribution in [3.05, 3.63) is 28.0 Å². The van der Waals surface area contributed by atoms with E-state index in [1.165, 1.54) is 0 Å². The molecule has 0 amide bonds. The van der Waals surface area contributed by atoms with Gasteiger partial charge in [-0.3, -0.25) is 4.79 Å². The summed E-state index contributed by atoms with van der Waals surface area (Å²) in [5.74, 6) is -0.125. The fourth-order valence-electron chi connectivity index (χ4n) is 0.999. The van der Waals surface area contributed by atoms with Gasteiger partial charge in [0, 0.05) is 22.9 Å². The van der Waals surface area contributed by atoms with Gasteiger partial charge in [0.1, 0.15) is 5.15 Å². The number of carbonyl (C=O) groups excluding carboxylic acids is 1. The van der Waals surface area contributed by atoms with Gasteiger partial charge in [-0.25, -0.2) is 13.8 Å². The van der Waals surface area contributed by atoms with Gasteiger partial charge in [-0.05, 0) is 0 Å². The smallest absolute Gasteiger partial charge is 0.266 e. The SMILES string of the molecule is O=Cc1c(C(F)F)cnc(Cl)c1CCl. The van der Waals surface area contributed by atoms with Crippen molar-refractivity contribution in [2.75, 3.05) is 0 Å². The zero-order valence-electron chi connectivity index (χ0n) is 6.81. The van der Waals surface area contributed by atoms with Crippen LogP contribution >= 0.6 is 23.2 Å². The zero-order chi connectivity index (χ0) is 10.7. The van der Waals surface area contributed by atoms with E-state index in [1.807, 2.05) is 0 Å². The largest absolute Gasteiger partial charge is 0.298 e. The second-order valence-electron chi connectivity index (χ2n) is 2.45. The van der Waals surface area contributed by atoms with E-state index in [-0.39, 0.29) is 22.2 Å². The third-order valence-corrected chi connectivity index (χ3v) is 2.28. The third-order valence-electron chi connectivity index (χ3n) is 1.69. The quantitative estimate of drug-likeness (QED) is 0.461. The number of aldehydes is 1. The average Bonchev–Trinajstić information content (AvgIpc) is 2.16. The Morgan fingerprint density at radius 3 is 2.64 bits per heavy atom. The summed E-state index contributed by atoms with van der Waals surface area (Å²) in [4.78, 5) is 14.1. The van der Waals surface area contributed by atoms with Gasteiger partial charge in [0.2, 0.25) is 0 Å². The molecule has 1 aromatic rings. The van der Waals surface area contributed by atoms with Crippen LogP contribution in [0.4, 0.5) is 8.78 Å². The van der Waals surface area contributed by atoms with Gasteiger partial charge in [-0.1, -0.05) is 11.6 Å². The highest BCUT2D eigenvalue weighted by atomic mass is 35.5. The van der Waals surface area contributed by atoms with Crippen LogP contribution in [-0.4, -0.2) is 11.3 Å². The molecule has 0 atom stereocenters. The Hall–Kier alpha value is -0.740. The number of pyridine rings is 1. The minimum Gasteiger partial charge on any atom is -0.298 e. The molecule has 76 valence electrons. The maximum Gasteiger partial charge on any atom is 0.266 e. The van der Waals surface area contributed by atoms with Gasteiger partial charge >= 0.3 is 0 Å². The number of carbonyl (C=O) groups is 1. The highest BCUT2D eigenvalue weighted by Gasteiger charge is 2.18. The van der Waals surface area contributed by atoms with Crippen LogP contribution < -0.4 is 0 Å². The molecule has 0 radical (unpaired) electrons. The van der Waals surface area contributed by atoms with E-state index >= 15 is 0 Å². The monoisotopic (exact) mass is 239 g/mol. The molecule has 0 fully saturated rings. The molecule has 0 aliphatic rings.